The van der Waals surface area contributed by atoms with Gasteiger partial charge in [0.1, 0.15) is 5.76 Å². The van der Waals surface area contributed by atoms with E-state index in [0.717, 1.165) is 48.3 Å². The van der Waals surface area contributed by atoms with Crippen molar-refractivity contribution in [2.24, 2.45) is 0 Å². The van der Waals surface area contributed by atoms with Gasteiger partial charge in [0.05, 0.1) is 25.3 Å². The van der Waals surface area contributed by atoms with Crippen molar-refractivity contribution in [1.29, 1.82) is 0 Å². The van der Waals surface area contributed by atoms with E-state index >= 15 is 0 Å². The maximum absolute atomic E-state index is 12.6. The topological polar surface area (TPSA) is 102 Å². The van der Waals surface area contributed by atoms with E-state index in [1.54, 1.807) is 4.90 Å². The third-order valence-electron chi connectivity index (χ3n) is 7.96. The third kappa shape index (κ3) is 10.8. The lowest BCUT2D eigenvalue weighted by Gasteiger charge is -2.30. The van der Waals surface area contributed by atoms with Crippen molar-refractivity contribution < 1.29 is 44.8 Å². The number of ether oxygens (including phenoxy) is 2. The molecule has 0 bridgehead atoms. The number of carbonyl (C=O) groups is 2. The van der Waals surface area contributed by atoms with Gasteiger partial charge in [0.2, 0.25) is 0 Å². The summed E-state index contributed by atoms with van der Waals surface area (Å²) in [6, 6.07) is 29.7. The number of hydrogen-bond donors (Lipinski definition) is 0. The first-order chi connectivity index (χ1) is 23.9. The molecular weight excluding hydrogens is 673 g/mol. The zero-order valence-electron chi connectivity index (χ0n) is 28.0. The van der Waals surface area contributed by atoms with Crippen LogP contribution in [-0.4, -0.2) is 75.1 Å². The predicted molar refractivity (Wildman–Crippen MR) is 182 cm³/mol. The molecule has 2 aliphatic rings. The van der Waals surface area contributed by atoms with E-state index in [1.807, 2.05) is 61.5 Å². The number of carbonyl (C=O) groups excluding carboxylic acids is 2. The number of hydrogen-bond acceptors (Lipinski definition) is 9. The average molecular weight is 715 g/mol. The van der Waals surface area contributed by atoms with Crippen LogP contribution < -0.4 is 0 Å². The molecule has 0 saturated carbocycles. The molecule has 5 rings (SSSR count). The summed E-state index contributed by atoms with van der Waals surface area (Å²) in [5.74, 6) is -1.60. The highest BCUT2D eigenvalue weighted by Gasteiger charge is 2.49. The Kier molecular flexibility index (Phi) is 13.8. The molecule has 13 heteroatoms. The van der Waals surface area contributed by atoms with Crippen molar-refractivity contribution in [2.75, 3.05) is 39.4 Å². The summed E-state index contributed by atoms with van der Waals surface area (Å²) in [5.41, 5.74) is -0.554. The van der Waals surface area contributed by atoms with Gasteiger partial charge < -0.3 is 13.7 Å². The lowest BCUT2D eigenvalue weighted by molar-refractivity contribution is -0.139. The fourth-order valence-electron chi connectivity index (χ4n) is 5.60. The highest BCUT2D eigenvalue weighted by Crippen LogP contribution is 2.31. The molecule has 2 aliphatic heterocycles. The zero-order valence-corrected chi connectivity index (χ0v) is 28.8. The summed E-state index contributed by atoms with van der Waals surface area (Å²) in [4.78, 5) is 28.4. The van der Waals surface area contributed by atoms with Crippen molar-refractivity contribution in [3.8, 4) is 0 Å². The molecule has 2 heterocycles. The molecule has 3 aromatic rings. The number of rotatable bonds is 11. The van der Waals surface area contributed by atoms with E-state index in [2.05, 4.69) is 45.5 Å². The van der Waals surface area contributed by atoms with Gasteiger partial charge in [-0.1, -0.05) is 91.0 Å². The molecular formula is C37H41F3N2O7S. The minimum Gasteiger partial charge on any atom is -0.463 e. The van der Waals surface area contributed by atoms with Gasteiger partial charge >= 0.3 is 27.6 Å². The van der Waals surface area contributed by atoms with E-state index in [-0.39, 0.29) is 31.1 Å². The SMILES string of the molecule is CCOC(=O)C1=C(OS(=O)(=O)C(F)(F)F)CN(Cc2ccccc2)CC1.CCOC(=O)C1=C(c2ccccc2)CN(Cc2ccccc2)CC1. The molecule has 0 saturated heterocycles. The molecule has 268 valence electrons. The fraction of sp³-hybridized carbons (Fsp3) is 0.351. The molecule has 0 spiro atoms. The number of alkyl halides is 3. The lowest BCUT2D eigenvalue weighted by Crippen LogP contribution is -2.36. The van der Waals surface area contributed by atoms with E-state index < -0.39 is 27.4 Å². The summed E-state index contributed by atoms with van der Waals surface area (Å²) in [7, 11) is -5.87. The van der Waals surface area contributed by atoms with Gasteiger partial charge in [-0.3, -0.25) is 9.80 Å². The highest BCUT2D eigenvalue weighted by atomic mass is 32.2. The van der Waals surface area contributed by atoms with Crippen LogP contribution in [0.25, 0.3) is 5.57 Å². The monoisotopic (exact) mass is 714 g/mol. The van der Waals surface area contributed by atoms with Crippen LogP contribution >= 0.6 is 0 Å². The molecule has 0 amide bonds. The van der Waals surface area contributed by atoms with Crippen LogP contribution in [0.2, 0.25) is 0 Å². The van der Waals surface area contributed by atoms with Gasteiger partial charge in [-0.2, -0.15) is 21.6 Å². The van der Waals surface area contributed by atoms with Crippen LogP contribution in [0.4, 0.5) is 13.2 Å². The first-order valence-electron chi connectivity index (χ1n) is 16.3. The van der Waals surface area contributed by atoms with Gasteiger partial charge in [0, 0.05) is 38.3 Å². The van der Waals surface area contributed by atoms with Crippen molar-refractivity contribution >= 4 is 27.6 Å². The summed E-state index contributed by atoms with van der Waals surface area (Å²) in [6.07, 6.45) is 0.754. The predicted octanol–water partition coefficient (Wildman–Crippen LogP) is 6.48. The smallest absolute Gasteiger partial charge is 0.463 e. The van der Waals surface area contributed by atoms with Crippen molar-refractivity contribution in [3.63, 3.8) is 0 Å². The number of esters is 2. The van der Waals surface area contributed by atoms with Gasteiger partial charge in [0.25, 0.3) is 0 Å². The third-order valence-corrected chi connectivity index (χ3v) is 8.95. The highest BCUT2D eigenvalue weighted by molar-refractivity contribution is 7.87. The standard InChI is InChI=1S/C21H23NO2.C16H18F3NO5S/c1-2-24-21(23)19-13-14-22(15-17-9-5-3-6-10-17)16-20(19)18-11-7-4-8-12-18;1-2-24-15(21)13-8-9-20(10-12-6-4-3-5-7-12)11-14(13)25-26(22,23)16(17,18)19/h3-12H,2,13-16H2,1H3;3-7H,2,8-11H2,1H3. The van der Waals surface area contributed by atoms with Gasteiger partial charge in [-0.15, -0.1) is 0 Å². The average Bonchev–Trinajstić information content (AvgIpc) is 3.09. The van der Waals surface area contributed by atoms with Crippen molar-refractivity contribution in [3.05, 3.63) is 125 Å². The summed E-state index contributed by atoms with van der Waals surface area (Å²) in [6.45, 7) is 6.82. The molecule has 0 radical (unpaired) electrons. The van der Waals surface area contributed by atoms with Crippen LogP contribution in [0.5, 0.6) is 0 Å². The number of benzene rings is 3. The van der Waals surface area contributed by atoms with E-state index in [1.165, 1.54) is 12.5 Å². The van der Waals surface area contributed by atoms with Crippen LogP contribution in [0, 0.1) is 0 Å². The second kappa shape index (κ2) is 18.0. The normalized spacial score (nSPS) is 15.9. The summed E-state index contributed by atoms with van der Waals surface area (Å²) in [5, 5.41) is 0. The van der Waals surface area contributed by atoms with Crippen LogP contribution in [0.1, 0.15) is 43.4 Å². The number of halogens is 3. The quantitative estimate of drug-likeness (QED) is 0.125. The Bertz CT molecular complexity index is 1750. The molecule has 3 aromatic carbocycles. The van der Waals surface area contributed by atoms with Gasteiger partial charge in [-0.25, -0.2) is 9.59 Å². The Hall–Kier alpha value is -4.46. The van der Waals surface area contributed by atoms with E-state index in [9.17, 15) is 31.2 Å². The van der Waals surface area contributed by atoms with E-state index in [0.29, 0.717) is 19.7 Å². The molecule has 0 N–H and O–H groups in total. The minimum absolute atomic E-state index is 0.00929. The number of nitrogens with zero attached hydrogens (tertiary/aromatic N) is 2. The van der Waals surface area contributed by atoms with Gasteiger partial charge in [-0.05, 0) is 49.0 Å². The van der Waals surface area contributed by atoms with Crippen LogP contribution in [0.15, 0.2) is 108 Å². The Morgan fingerprint density at radius 3 is 1.60 bits per heavy atom. The Labute approximate surface area is 291 Å². The molecule has 0 unspecified atom stereocenters. The summed E-state index contributed by atoms with van der Waals surface area (Å²) >= 11 is 0. The fourth-order valence-corrected chi connectivity index (χ4v) is 6.11. The molecule has 0 aromatic heterocycles. The van der Waals surface area contributed by atoms with Crippen LogP contribution in [0.3, 0.4) is 0 Å². The molecule has 0 aliphatic carbocycles. The maximum atomic E-state index is 12.6. The van der Waals surface area contributed by atoms with Gasteiger partial charge in [0.15, 0.2) is 0 Å². The first kappa shape index (κ1) is 38.3. The first-order valence-corrected chi connectivity index (χ1v) is 17.7. The largest absolute Gasteiger partial charge is 0.534 e. The second-order valence-electron chi connectivity index (χ2n) is 11.5. The summed E-state index contributed by atoms with van der Waals surface area (Å²) < 4.78 is 75.0. The Morgan fingerprint density at radius 1 is 0.680 bits per heavy atom. The minimum atomic E-state index is -5.87. The second-order valence-corrected chi connectivity index (χ2v) is 13.1. The zero-order chi connectivity index (χ0) is 36.1. The Balaban J connectivity index is 0.000000225. The molecule has 0 fully saturated rings. The van der Waals surface area contributed by atoms with Crippen LogP contribution in [-0.2, 0) is 46.5 Å². The van der Waals surface area contributed by atoms with Crippen molar-refractivity contribution in [1.82, 2.24) is 9.80 Å². The molecule has 0 atom stereocenters. The van der Waals surface area contributed by atoms with Crippen molar-refractivity contribution in [2.45, 2.75) is 45.3 Å². The molecule has 50 heavy (non-hydrogen) atoms. The maximum Gasteiger partial charge on any atom is 0.534 e. The Morgan fingerprint density at radius 2 is 1.12 bits per heavy atom. The molecule has 9 nitrogen and oxygen atoms in total. The lowest BCUT2D eigenvalue weighted by atomic mass is 9.93. The van der Waals surface area contributed by atoms with E-state index in [4.69, 9.17) is 9.47 Å².